The number of carboxylic acid groups (broad SMARTS) is 1. The van der Waals surface area contributed by atoms with Crippen LogP contribution in [0.2, 0.25) is 5.02 Å². The summed E-state index contributed by atoms with van der Waals surface area (Å²) in [5, 5.41) is 11.8. The van der Waals surface area contributed by atoms with E-state index in [1.807, 2.05) is 0 Å². The predicted octanol–water partition coefficient (Wildman–Crippen LogP) is 1.83. The number of aromatic amines is 1. The van der Waals surface area contributed by atoms with Gasteiger partial charge in [0.2, 0.25) is 0 Å². The summed E-state index contributed by atoms with van der Waals surface area (Å²) in [6.45, 7) is 1.76. The number of aromatic nitrogens is 2. The lowest BCUT2D eigenvalue weighted by atomic mass is 10.2. The van der Waals surface area contributed by atoms with Gasteiger partial charge in [-0.25, -0.2) is 9.48 Å². The molecule has 2 N–H and O–H groups in total. The summed E-state index contributed by atoms with van der Waals surface area (Å²) >= 11 is 5.94. The van der Waals surface area contributed by atoms with Crippen LogP contribution in [0.15, 0.2) is 29.1 Å². The number of rotatable bonds is 2. The molecule has 0 atom stereocenters. The summed E-state index contributed by atoms with van der Waals surface area (Å²) in [4.78, 5) is 22.4. The average Bonchev–Trinajstić information content (AvgIpc) is 2.65. The molecule has 1 aromatic heterocycles. The van der Waals surface area contributed by atoms with Gasteiger partial charge in [-0.2, -0.15) is 0 Å². The molecule has 17 heavy (non-hydrogen) atoms. The van der Waals surface area contributed by atoms with E-state index in [-0.39, 0.29) is 5.69 Å². The Kier molecular flexibility index (Phi) is 2.77. The zero-order valence-corrected chi connectivity index (χ0v) is 9.65. The highest BCUT2D eigenvalue weighted by Crippen LogP contribution is 2.20. The maximum absolute atomic E-state index is 11.6. The van der Waals surface area contributed by atoms with E-state index in [4.69, 9.17) is 16.7 Å². The predicted molar refractivity (Wildman–Crippen MR) is 63.1 cm³/mol. The first-order chi connectivity index (χ1) is 8.00. The lowest BCUT2D eigenvalue weighted by Gasteiger charge is -2.07. The van der Waals surface area contributed by atoms with Crippen molar-refractivity contribution in [3.05, 3.63) is 50.9 Å². The third-order valence-corrected chi connectivity index (χ3v) is 2.84. The van der Waals surface area contributed by atoms with E-state index in [2.05, 4.69) is 5.10 Å². The van der Waals surface area contributed by atoms with Gasteiger partial charge < -0.3 is 5.11 Å². The molecule has 1 aromatic carbocycles. The van der Waals surface area contributed by atoms with Crippen LogP contribution in [0.5, 0.6) is 0 Å². The van der Waals surface area contributed by atoms with Crippen molar-refractivity contribution >= 4 is 17.6 Å². The highest BCUT2D eigenvalue weighted by Gasteiger charge is 2.12. The van der Waals surface area contributed by atoms with Crippen LogP contribution in [0.1, 0.15) is 16.1 Å². The van der Waals surface area contributed by atoms with Gasteiger partial charge in [-0.15, -0.1) is 0 Å². The molecule has 0 saturated heterocycles. The molecule has 0 saturated carbocycles. The monoisotopic (exact) mass is 252 g/mol. The first-order valence-corrected chi connectivity index (χ1v) is 5.19. The number of hydrogen-bond donors (Lipinski definition) is 2. The van der Waals surface area contributed by atoms with Crippen molar-refractivity contribution in [3.63, 3.8) is 0 Å². The lowest BCUT2D eigenvalue weighted by molar-refractivity contribution is 0.0690. The quantitative estimate of drug-likeness (QED) is 0.856. The molecule has 0 radical (unpaired) electrons. The first kappa shape index (κ1) is 11.5. The molecule has 0 aliphatic carbocycles. The first-order valence-electron chi connectivity index (χ1n) is 4.81. The van der Waals surface area contributed by atoms with Gasteiger partial charge in [-0.1, -0.05) is 17.7 Å². The van der Waals surface area contributed by atoms with Crippen molar-refractivity contribution in [2.45, 2.75) is 6.92 Å². The van der Waals surface area contributed by atoms with Crippen LogP contribution < -0.4 is 5.56 Å². The van der Waals surface area contributed by atoms with Crippen molar-refractivity contribution < 1.29 is 9.90 Å². The van der Waals surface area contributed by atoms with Crippen molar-refractivity contribution in [1.82, 2.24) is 9.78 Å². The second kappa shape index (κ2) is 4.10. The Balaban J connectivity index is 2.65. The topological polar surface area (TPSA) is 75.1 Å². The van der Waals surface area contributed by atoms with E-state index in [0.29, 0.717) is 16.3 Å². The smallest absolute Gasteiger partial charge is 0.353 e. The van der Waals surface area contributed by atoms with Crippen molar-refractivity contribution in [2.75, 3.05) is 0 Å². The molecule has 0 spiro atoms. The highest BCUT2D eigenvalue weighted by atomic mass is 35.5. The van der Waals surface area contributed by atoms with Crippen LogP contribution >= 0.6 is 11.6 Å². The summed E-state index contributed by atoms with van der Waals surface area (Å²) in [5.41, 5.74) is 0.646. The largest absolute Gasteiger partial charge is 0.477 e. The number of carboxylic acids is 1. The Morgan fingerprint density at radius 3 is 2.76 bits per heavy atom. The molecule has 0 aliphatic rings. The molecule has 0 unspecified atom stereocenters. The molecule has 0 fully saturated rings. The molecule has 0 bridgehead atoms. The number of hydrogen-bond acceptors (Lipinski definition) is 2. The van der Waals surface area contributed by atoms with E-state index < -0.39 is 11.5 Å². The fourth-order valence-electron chi connectivity index (χ4n) is 1.52. The average molecular weight is 253 g/mol. The van der Waals surface area contributed by atoms with E-state index in [9.17, 15) is 9.59 Å². The van der Waals surface area contributed by atoms with Crippen LogP contribution in [0.3, 0.4) is 0 Å². The van der Waals surface area contributed by atoms with Crippen molar-refractivity contribution in [3.8, 4) is 5.69 Å². The number of carbonyl (C=O) groups is 1. The van der Waals surface area contributed by atoms with Crippen LogP contribution in [0, 0.1) is 6.92 Å². The minimum Gasteiger partial charge on any atom is -0.477 e. The van der Waals surface area contributed by atoms with Gasteiger partial charge in [-0.3, -0.25) is 9.89 Å². The molecule has 6 heteroatoms. The van der Waals surface area contributed by atoms with Gasteiger partial charge >= 0.3 is 5.97 Å². The molecule has 88 valence electrons. The standard InChI is InChI=1S/C11H9ClN2O3/c1-6-7(12)3-2-4-9(6)14-10(15)5-8(13-14)11(16)17/h2-5,13H,1H3,(H,16,17). The molecule has 5 nitrogen and oxygen atoms in total. The molecule has 2 rings (SSSR count). The summed E-state index contributed by atoms with van der Waals surface area (Å²) in [5.74, 6) is -1.18. The fraction of sp³-hybridized carbons (Fsp3) is 0.0909. The SMILES string of the molecule is Cc1c(Cl)cccc1-n1[nH]c(C(=O)O)cc1=O. The third kappa shape index (κ3) is 1.97. The van der Waals surface area contributed by atoms with Crippen LogP contribution in [-0.4, -0.2) is 20.9 Å². The maximum atomic E-state index is 11.6. The third-order valence-electron chi connectivity index (χ3n) is 2.43. The van der Waals surface area contributed by atoms with Gasteiger partial charge in [0.25, 0.3) is 5.56 Å². The number of benzene rings is 1. The Morgan fingerprint density at radius 2 is 2.18 bits per heavy atom. The van der Waals surface area contributed by atoms with E-state index >= 15 is 0 Å². The summed E-state index contributed by atoms with van der Waals surface area (Å²) in [6, 6.07) is 6.11. The maximum Gasteiger partial charge on any atom is 0.353 e. The van der Waals surface area contributed by atoms with Crippen LogP contribution in [0.4, 0.5) is 0 Å². The van der Waals surface area contributed by atoms with Gasteiger partial charge in [0.15, 0.2) is 0 Å². The molecule has 0 aliphatic heterocycles. The number of halogens is 1. The number of aromatic carboxylic acids is 1. The van der Waals surface area contributed by atoms with Gasteiger partial charge in [0.05, 0.1) is 5.69 Å². The molecular weight excluding hydrogens is 244 g/mol. The second-order valence-electron chi connectivity index (χ2n) is 3.53. The van der Waals surface area contributed by atoms with Crippen LogP contribution in [0.25, 0.3) is 5.69 Å². The fourth-order valence-corrected chi connectivity index (χ4v) is 1.69. The van der Waals surface area contributed by atoms with Gasteiger partial charge in [0, 0.05) is 11.1 Å². The number of H-pyrrole nitrogens is 1. The summed E-state index contributed by atoms with van der Waals surface area (Å²) < 4.78 is 1.16. The normalized spacial score (nSPS) is 10.5. The Hall–Kier alpha value is -2.01. The van der Waals surface area contributed by atoms with Crippen molar-refractivity contribution in [1.29, 1.82) is 0 Å². The Labute approximate surface area is 101 Å². The lowest BCUT2D eigenvalue weighted by Crippen LogP contribution is -2.14. The van der Waals surface area contributed by atoms with E-state index in [0.717, 1.165) is 10.7 Å². The van der Waals surface area contributed by atoms with E-state index in [1.165, 1.54) is 0 Å². The van der Waals surface area contributed by atoms with Gasteiger partial charge in [-0.05, 0) is 24.6 Å². The van der Waals surface area contributed by atoms with Gasteiger partial charge in [0.1, 0.15) is 5.69 Å². The summed E-state index contributed by atoms with van der Waals surface area (Å²) in [6.07, 6.45) is 0. The second-order valence-corrected chi connectivity index (χ2v) is 3.94. The number of nitrogens with one attached hydrogen (secondary N) is 1. The van der Waals surface area contributed by atoms with E-state index in [1.54, 1.807) is 25.1 Å². The zero-order chi connectivity index (χ0) is 12.6. The zero-order valence-electron chi connectivity index (χ0n) is 8.90. The molecule has 2 aromatic rings. The molecule has 0 amide bonds. The molecular formula is C11H9ClN2O3. The van der Waals surface area contributed by atoms with Crippen LogP contribution in [-0.2, 0) is 0 Å². The Bertz CT molecular complexity index is 642. The number of nitrogens with zero attached hydrogens (tertiary/aromatic N) is 1. The minimum atomic E-state index is -1.18. The highest BCUT2D eigenvalue weighted by molar-refractivity contribution is 6.31. The van der Waals surface area contributed by atoms with Crippen molar-refractivity contribution in [2.24, 2.45) is 0 Å². The molecule has 1 heterocycles. The minimum absolute atomic E-state index is 0.158. The summed E-state index contributed by atoms with van der Waals surface area (Å²) in [7, 11) is 0. The Morgan fingerprint density at radius 1 is 1.47 bits per heavy atom.